The molecular weight excluding hydrogens is 369 g/mol. The molecule has 1 N–H and O–H groups in total. The number of halogens is 1. The number of nitrogens with zero attached hydrogens (tertiary/aromatic N) is 3. The molecule has 0 amide bonds. The highest BCUT2D eigenvalue weighted by Crippen LogP contribution is 2.47. The van der Waals surface area contributed by atoms with E-state index >= 15 is 0 Å². The van der Waals surface area contributed by atoms with E-state index in [4.69, 9.17) is 4.74 Å². The lowest BCUT2D eigenvalue weighted by Crippen LogP contribution is -2.36. The van der Waals surface area contributed by atoms with E-state index in [0.29, 0.717) is 17.7 Å². The van der Waals surface area contributed by atoms with Crippen LogP contribution in [0.2, 0.25) is 0 Å². The van der Waals surface area contributed by atoms with Gasteiger partial charge in [-0.2, -0.15) is 0 Å². The molecule has 2 aromatic carbocycles. The van der Waals surface area contributed by atoms with Gasteiger partial charge in [0.25, 0.3) is 0 Å². The Bertz CT molecular complexity index is 1030. The van der Waals surface area contributed by atoms with Crippen LogP contribution < -0.4 is 4.90 Å². The van der Waals surface area contributed by atoms with Gasteiger partial charge >= 0.3 is 0 Å². The first-order chi connectivity index (χ1) is 14.1. The Balaban J connectivity index is 1.49. The standard InChI is InChI=1S/C23H24FN3O2/c1-16-2-7-19(20(24)12-16)21-13-23(28,22-14-25-15-27(21)22)17-3-5-18(6-4-17)26-8-10-29-11-9-26/h2-7,12,14-15,21,28H,8-11,13H2,1H3/t21-,23+/m1/s1. The Labute approximate surface area is 169 Å². The SMILES string of the molecule is Cc1ccc([C@H]2C[C@](O)(c3ccc(N4CCOCC4)cc3)c3cncn32)c(F)c1. The predicted octanol–water partition coefficient (Wildman–Crippen LogP) is 3.40. The molecular formula is C23H24FN3O2. The third-order valence-corrected chi connectivity index (χ3v) is 6.15. The lowest BCUT2D eigenvalue weighted by molar-refractivity contribution is 0.0792. The molecule has 2 aliphatic rings. The summed E-state index contributed by atoms with van der Waals surface area (Å²) in [5.41, 5.74) is 2.86. The normalized spacial score (nSPS) is 24.0. The minimum atomic E-state index is -1.21. The van der Waals surface area contributed by atoms with E-state index in [0.717, 1.165) is 43.1 Å². The second kappa shape index (κ2) is 6.97. The lowest BCUT2D eigenvalue weighted by Gasteiger charge is -2.30. The zero-order chi connectivity index (χ0) is 20.0. The molecule has 6 heteroatoms. The van der Waals surface area contributed by atoms with Gasteiger partial charge in [-0.15, -0.1) is 0 Å². The van der Waals surface area contributed by atoms with Crippen LogP contribution in [0.25, 0.3) is 0 Å². The van der Waals surface area contributed by atoms with Gasteiger partial charge in [-0.25, -0.2) is 9.37 Å². The summed E-state index contributed by atoms with van der Waals surface area (Å²) in [6.07, 6.45) is 3.74. The summed E-state index contributed by atoms with van der Waals surface area (Å²) >= 11 is 0. The van der Waals surface area contributed by atoms with Crippen molar-refractivity contribution in [2.45, 2.75) is 25.0 Å². The number of aryl methyl sites for hydroxylation is 1. The summed E-state index contributed by atoms with van der Waals surface area (Å²) in [6.45, 7) is 5.07. The minimum absolute atomic E-state index is 0.249. The molecule has 2 atom stereocenters. The van der Waals surface area contributed by atoms with Crippen LogP contribution >= 0.6 is 0 Å². The molecule has 1 aromatic heterocycles. The fourth-order valence-corrected chi connectivity index (χ4v) is 4.55. The van der Waals surface area contributed by atoms with Gasteiger partial charge in [0.2, 0.25) is 0 Å². The van der Waals surface area contributed by atoms with Crippen molar-refractivity contribution in [1.82, 2.24) is 9.55 Å². The molecule has 0 radical (unpaired) electrons. The fourth-order valence-electron chi connectivity index (χ4n) is 4.55. The summed E-state index contributed by atoms with van der Waals surface area (Å²) < 4.78 is 22.0. The second-order valence-corrected chi connectivity index (χ2v) is 7.94. The number of imidazole rings is 1. The molecule has 3 heterocycles. The van der Waals surface area contributed by atoms with Crippen molar-refractivity contribution in [3.05, 3.63) is 83.2 Å². The second-order valence-electron chi connectivity index (χ2n) is 7.94. The van der Waals surface area contributed by atoms with E-state index in [2.05, 4.69) is 9.88 Å². The van der Waals surface area contributed by atoms with Gasteiger partial charge in [0.1, 0.15) is 11.4 Å². The number of aromatic nitrogens is 2. The van der Waals surface area contributed by atoms with E-state index in [9.17, 15) is 9.50 Å². The molecule has 1 fully saturated rings. The Morgan fingerprint density at radius 1 is 1.14 bits per heavy atom. The van der Waals surface area contributed by atoms with Crippen molar-refractivity contribution < 1.29 is 14.2 Å². The van der Waals surface area contributed by atoms with Crippen molar-refractivity contribution in [3.8, 4) is 0 Å². The van der Waals surface area contributed by atoms with E-state index in [1.165, 1.54) is 0 Å². The molecule has 3 aromatic rings. The van der Waals surface area contributed by atoms with Gasteiger partial charge in [0.15, 0.2) is 0 Å². The molecule has 0 unspecified atom stereocenters. The highest BCUT2D eigenvalue weighted by molar-refractivity contribution is 5.50. The maximum Gasteiger partial charge on any atom is 0.133 e. The Kier molecular flexibility index (Phi) is 4.41. The number of hydrogen-bond donors (Lipinski definition) is 1. The zero-order valence-corrected chi connectivity index (χ0v) is 16.4. The van der Waals surface area contributed by atoms with Crippen LogP contribution in [-0.4, -0.2) is 41.0 Å². The summed E-state index contributed by atoms with van der Waals surface area (Å²) in [5.74, 6) is -0.249. The first kappa shape index (κ1) is 18.3. The third kappa shape index (κ3) is 3.03. The highest BCUT2D eigenvalue weighted by atomic mass is 19.1. The van der Waals surface area contributed by atoms with Crippen LogP contribution in [0.15, 0.2) is 55.0 Å². The molecule has 0 spiro atoms. The van der Waals surface area contributed by atoms with Gasteiger partial charge in [0, 0.05) is 30.8 Å². The number of anilines is 1. The molecule has 5 rings (SSSR count). The lowest BCUT2D eigenvalue weighted by atomic mass is 9.86. The van der Waals surface area contributed by atoms with E-state index in [-0.39, 0.29) is 11.9 Å². The summed E-state index contributed by atoms with van der Waals surface area (Å²) in [4.78, 5) is 6.52. The van der Waals surface area contributed by atoms with Crippen LogP contribution in [0.1, 0.15) is 34.8 Å². The smallest absolute Gasteiger partial charge is 0.133 e. The Morgan fingerprint density at radius 3 is 2.62 bits per heavy atom. The van der Waals surface area contributed by atoms with E-state index in [1.54, 1.807) is 18.6 Å². The van der Waals surface area contributed by atoms with Crippen LogP contribution in [0, 0.1) is 12.7 Å². The quantitative estimate of drug-likeness (QED) is 0.741. The third-order valence-electron chi connectivity index (χ3n) is 6.15. The monoisotopic (exact) mass is 393 g/mol. The van der Waals surface area contributed by atoms with E-state index < -0.39 is 5.60 Å². The Hall–Kier alpha value is -2.70. The van der Waals surface area contributed by atoms with E-state index in [1.807, 2.05) is 47.9 Å². The number of aliphatic hydroxyl groups is 1. The summed E-state index contributed by atoms with van der Waals surface area (Å²) in [6, 6.07) is 13.0. The first-order valence-corrected chi connectivity index (χ1v) is 10.0. The van der Waals surface area contributed by atoms with Crippen LogP contribution in [0.4, 0.5) is 10.1 Å². The fraction of sp³-hybridized carbons (Fsp3) is 0.348. The minimum Gasteiger partial charge on any atom is -0.379 e. The molecule has 0 bridgehead atoms. The number of ether oxygens (including phenoxy) is 1. The zero-order valence-electron chi connectivity index (χ0n) is 16.4. The first-order valence-electron chi connectivity index (χ1n) is 10.0. The number of benzene rings is 2. The van der Waals surface area contributed by atoms with Crippen molar-refractivity contribution >= 4 is 5.69 Å². The van der Waals surface area contributed by atoms with Gasteiger partial charge in [-0.05, 0) is 36.2 Å². The Morgan fingerprint density at radius 2 is 1.90 bits per heavy atom. The maximum absolute atomic E-state index is 14.7. The summed E-state index contributed by atoms with van der Waals surface area (Å²) in [7, 11) is 0. The van der Waals surface area contributed by atoms with Gasteiger partial charge in [-0.3, -0.25) is 0 Å². The predicted molar refractivity (Wildman–Crippen MR) is 109 cm³/mol. The number of morpholine rings is 1. The molecule has 0 aliphatic carbocycles. The van der Waals surface area contributed by atoms with Crippen molar-refractivity contribution in [2.24, 2.45) is 0 Å². The molecule has 5 nitrogen and oxygen atoms in total. The number of hydrogen-bond acceptors (Lipinski definition) is 4. The number of fused-ring (bicyclic) bond motifs is 1. The molecule has 2 aliphatic heterocycles. The van der Waals surface area contributed by atoms with Crippen molar-refractivity contribution in [3.63, 3.8) is 0 Å². The molecule has 0 saturated carbocycles. The molecule has 1 saturated heterocycles. The molecule has 29 heavy (non-hydrogen) atoms. The average molecular weight is 393 g/mol. The topological polar surface area (TPSA) is 50.5 Å². The van der Waals surface area contributed by atoms with Crippen LogP contribution in [0.5, 0.6) is 0 Å². The van der Waals surface area contributed by atoms with Gasteiger partial charge < -0.3 is 19.3 Å². The van der Waals surface area contributed by atoms with Gasteiger partial charge in [0.05, 0.1) is 37.5 Å². The van der Waals surface area contributed by atoms with Crippen LogP contribution in [0.3, 0.4) is 0 Å². The van der Waals surface area contributed by atoms with Gasteiger partial charge in [-0.1, -0.05) is 24.3 Å². The summed E-state index contributed by atoms with van der Waals surface area (Å²) in [5, 5.41) is 11.7. The van der Waals surface area contributed by atoms with Crippen LogP contribution in [-0.2, 0) is 10.3 Å². The highest BCUT2D eigenvalue weighted by Gasteiger charge is 2.45. The van der Waals surface area contributed by atoms with Crippen molar-refractivity contribution in [2.75, 3.05) is 31.2 Å². The average Bonchev–Trinajstić information content (AvgIpc) is 3.33. The maximum atomic E-state index is 14.7. The molecule has 150 valence electrons. The van der Waals surface area contributed by atoms with Crippen molar-refractivity contribution in [1.29, 1.82) is 0 Å². The largest absolute Gasteiger partial charge is 0.379 e. The number of rotatable bonds is 3.